The van der Waals surface area contributed by atoms with Crippen LogP contribution in [0.4, 0.5) is 0 Å². The molecule has 0 amide bonds. The second kappa shape index (κ2) is 4.22. The minimum atomic E-state index is -0.403. The van der Waals surface area contributed by atoms with Crippen LogP contribution in [-0.4, -0.2) is 18.8 Å². The molecule has 0 spiro atoms. The van der Waals surface area contributed by atoms with Crippen LogP contribution in [0.2, 0.25) is 13.1 Å². The summed E-state index contributed by atoms with van der Waals surface area (Å²) in [5.74, 6) is -0.364. The summed E-state index contributed by atoms with van der Waals surface area (Å²) < 4.78 is 5.04. The Morgan fingerprint density at radius 2 is 2.27 bits per heavy atom. The summed E-state index contributed by atoms with van der Waals surface area (Å²) >= 11 is 0. The molecule has 0 atom stereocenters. The van der Waals surface area contributed by atoms with E-state index in [2.05, 4.69) is 6.58 Å². The first-order valence-corrected chi connectivity index (χ1v) is 3.65. The highest BCUT2D eigenvalue weighted by Gasteiger charge is 2.19. The molecular weight excluding hydrogens is 139 g/mol. The normalized spacial score (nSPS) is 10.5. The van der Waals surface area contributed by atoms with Gasteiger partial charge in [0.2, 0.25) is 0 Å². The third-order valence-electron chi connectivity index (χ3n) is 1.24. The van der Waals surface area contributed by atoms with Gasteiger partial charge in [-0.2, -0.15) is 0 Å². The lowest BCUT2D eigenvalue weighted by atomic mass is 9.71. The van der Waals surface area contributed by atoms with Crippen molar-refractivity contribution in [2.24, 2.45) is 0 Å². The molecule has 0 heterocycles. The van der Waals surface area contributed by atoms with Gasteiger partial charge in [0.1, 0.15) is 7.28 Å². The average Bonchev–Trinajstić information content (AvgIpc) is 1.86. The molecule has 0 aliphatic carbocycles. The Morgan fingerprint density at radius 3 is 2.64 bits per heavy atom. The van der Waals surface area contributed by atoms with Crippen LogP contribution in [-0.2, 0) is 9.53 Å². The number of hydrogen-bond acceptors (Lipinski definition) is 2. The van der Waals surface area contributed by atoms with Crippen LogP contribution in [0, 0.1) is 0 Å². The number of carbonyl (C=O) groups is 1. The van der Waals surface area contributed by atoms with E-state index in [4.69, 9.17) is 4.74 Å². The smallest absolute Gasteiger partial charge is 0.330 e. The van der Waals surface area contributed by atoms with Gasteiger partial charge >= 0.3 is 5.97 Å². The Kier molecular flexibility index (Phi) is 3.94. The van der Waals surface area contributed by atoms with Gasteiger partial charge in [-0.15, -0.1) is 0 Å². The Hall–Kier alpha value is -0.725. The van der Waals surface area contributed by atoms with Gasteiger partial charge in [-0.1, -0.05) is 13.4 Å². The Balaban J connectivity index is 3.89. The minimum Gasteiger partial charge on any atom is -0.457 e. The molecular formula is C8H14BO2. The van der Waals surface area contributed by atoms with E-state index in [-0.39, 0.29) is 5.97 Å². The number of rotatable bonds is 4. The van der Waals surface area contributed by atoms with Crippen LogP contribution in [0.5, 0.6) is 0 Å². The van der Waals surface area contributed by atoms with Gasteiger partial charge < -0.3 is 4.74 Å². The molecule has 0 N–H and O–H groups in total. The molecule has 0 aliphatic heterocycles. The topological polar surface area (TPSA) is 26.3 Å². The van der Waals surface area contributed by atoms with Crippen molar-refractivity contribution >= 4 is 13.2 Å². The lowest BCUT2D eigenvalue weighted by Crippen LogP contribution is -2.27. The number of carbonyl (C=O) groups excluding carboxylic acids is 1. The minimum absolute atomic E-state index is 0.364. The first-order chi connectivity index (χ1) is 5.02. The molecule has 0 fully saturated rings. The summed E-state index contributed by atoms with van der Waals surface area (Å²) in [6.45, 7) is 8.99. The molecule has 0 aliphatic rings. The summed E-state index contributed by atoms with van der Waals surface area (Å²) in [5, 5.41) is 0. The van der Waals surface area contributed by atoms with Crippen molar-refractivity contribution in [3.8, 4) is 0 Å². The number of ether oxygens (including phenoxy) is 1. The highest BCUT2D eigenvalue weighted by molar-refractivity contribution is 6.33. The van der Waals surface area contributed by atoms with Crippen LogP contribution in [0.1, 0.15) is 13.8 Å². The van der Waals surface area contributed by atoms with E-state index in [1.807, 2.05) is 28.0 Å². The maximum atomic E-state index is 10.7. The van der Waals surface area contributed by atoms with E-state index in [1.54, 1.807) is 0 Å². The predicted molar refractivity (Wildman–Crippen MR) is 46.8 cm³/mol. The number of esters is 1. The molecule has 0 aromatic carbocycles. The largest absolute Gasteiger partial charge is 0.457 e. The van der Waals surface area contributed by atoms with Crippen LogP contribution < -0.4 is 0 Å². The van der Waals surface area contributed by atoms with Crippen LogP contribution in [0.25, 0.3) is 0 Å². The third-order valence-corrected chi connectivity index (χ3v) is 1.24. The van der Waals surface area contributed by atoms with E-state index >= 15 is 0 Å². The SMILES string of the molecule is C=CC(=O)OC(C)(C)C[B]C. The molecule has 3 heteroatoms. The zero-order valence-electron chi connectivity index (χ0n) is 7.39. The molecule has 0 aromatic heterocycles. The standard InChI is InChI=1S/C8H14BO2/c1-5-7(10)11-8(2,3)6-9-4/h5H,1,6H2,2-4H3. The zero-order chi connectivity index (χ0) is 8.91. The molecule has 0 saturated heterocycles. The Bertz CT molecular complexity index is 152. The van der Waals surface area contributed by atoms with Gasteiger partial charge in [-0.3, -0.25) is 0 Å². The van der Waals surface area contributed by atoms with Gasteiger partial charge in [0.05, 0.1) is 5.60 Å². The molecule has 0 saturated carbocycles. The summed E-state index contributed by atoms with van der Waals surface area (Å²) in [5.41, 5.74) is -0.403. The van der Waals surface area contributed by atoms with Crippen molar-refractivity contribution in [1.82, 2.24) is 0 Å². The molecule has 11 heavy (non-hydrogen) atoms. The maximum absolute atomic E-state index is 10.7. The van der Waals surface area contributed by atoms with Crippen molar-refractivity contribution in [1.29, 1.82) is 0 Å². The Morgan fingerprint density at radius 1 is 1.73 bits per heavy atom. The lowest BCUT2D eigenvalue weighted by Gasteiger charge is -2.23. The highest BCUT2D eigenvalue weighted by atomic mass is 16.6. The molecule has 0 rings (SSSR count). The summed E-state index contributed by atoms with van der Waals surface area (Å²) in [7, 11) is 1.97. The van der Waals surface area contributed by atoms with Crippen molar-refractivity contribution in [3.63, 3.8) is 0 Å². The van der Waals surface area contributed by atoms with Gasteiger partial charge in [0, 0.05) is 6.08 Å². The molecule has 2 nitrogen and oxygen atoms in total. The fourth-order valence-corrected chi connectivity index (χ4v) is 0.847. The molecule has 0 aromatic rings. The summed E-state index contributed by atoms with van der Waals surface area (Å²) in [6.07, 6.45) is 1.93. The predicted octanol–water partition coefficient (Wildman–Crippen LogP) is 1.66. The second-order valence-electron chi connectivity index (χ2n) is 3.00. The van der Waals surface area contributed by atoms with Crippen molar-refractivity contribution in [2.75, 3.05) is 0 Å². The first kappa shape index (κ1) is 10.3. The van der Waals surface area contributed by atoms with E-state index in [0.717, 1.165) is 6.32 Å². The maximum Gasteiger partial charge on any atom is 0.330 e. The van der Waals surface area contributed by atoms with Gasteiger partial charge in [-0.05, 0) is 20.2 Å². The van der Waals surface area contributed by atoms with Crippen LogP contribution in [0.3, 0.4) is 0 Å². The number of hydrogen-bond donors (Lipinski definition) is 0. The van der Waals surface area contributed by atoms with Crippen molar-refractivity contribution in [3.05, 3.63) is 12.7 Å². The quantitative estimate of drug-likeness (QED) is 0.348. The molecule has 0 unspecified atom stereocenters. The fourth-order valence-electron chi connectivity index (χ4n) is 0.847. The van der Waals surface area contributed by atoms with Crippen molar-refractivity contribution < 1.29 is 9.53 Å². The lowest BCUT2D eigenvalue weighted by molar-refractivity contribution is -0.148. The van der Waals surface area contributed by atoms with Gasteiger partial charge in [0.15, 0.2) is 0 Å². The monoisotopic (exact) mass is 153 g/mol. The van der Waals surface area contributed by atoms with E-state index in [9.17, 15) is 4.79 Å². The van der Waals surface area contributed by atoms with Crippen molar-refractivity contribution in [2.45, 2.75) is 32.6 Å². The van der Waals surface area contributed by atoms with Crippen LogP contribution in [0.15, 0.2) is 12.7 Å². The molecule has 1 radical (unpaired) electrons. The highest BCUT2D eigenvalue weighted by Crippen LogP contribution is 2.14. The third kappa shape index (κ3) is 4.65. The molecule has 0 bridgehead atoms. The second-order valence-corrected chi connectivity index (χ2v) is 3.00. The Labute approximate surface area is 68.9 Å². The fraction of sp³-hybridized carbons (Fsp3) is 0.625. The van der Waals surface area contributed by atoms with Gasteiger partial charge in [0.25, 0.3) is 0 Å². The molecule has 61 valence electrons. The average molecular weight is 153 g/mol. The summed E-state index contributed by atoms with van der Waals surface area (Å²) in [6, 6.07) is 0. The van der Waals surface area contributed by atoms with Gasteiger partial charge in [-0.25, -0.2) is 4.79 Å². The first-order valence-electron chi connectivity index (χ1n) is 3.65. The van der Waals surface area contributed by atoms with E-state index in [1.165, 1.54) is 6.08 Å². The van der Waals surface area contributed by atoms with Crippen LogP contribution >= 0.6 is 0 Å². The van der Waals surface area contributed by atoms with E-state index in [0.29, 0.717) is 0 Å². The van der Waals surface area contributed by atoms with E-state index < -0.39 is 5.60 Å². The zero-order valence-corrected chi connectivity index (χ0v) is 7.39. The summed E-state index contributed by atoms with van der Waals surface area (Å²) in [4.78, 5) is 10.7.